The molecule has 1 aliphatic rings. The molecule has 0 saturated heterocycles. The first-order chi connectivity index (χ1) is 9.65. The second-order valence-corrected chi connectivity index (χ2v) is 7.73. The average Bonchev–Trinajstić information content (AvgIpc) is 3.20. The number of amides is 1. The number of carbonyl (C=O) groups excluding carboxylic acids is 1. The van der Waals surface area contributed by atoms with E-state index in [1.165, 1.54) is 12.1 Å². The molecule has 0 aromatic heterocycles. The van der Waals surface area contributed by atoms with Crippen molar-refractivity contribution in [3.8, 4) is 0 Å². The highest BCUT2D eigenvalue weighted by molar-refractivity contribution is 7.89. The van der Waals surface area contributed by atoms with Gasteiger partial charge in [0.2, 0.25) is 10.0 Å². The Kier molecular flexibility index (Phi) is 4.13. The lowest BCUT2D eigenvalue weighted by atomic mass is 9.97. The van der Waals surface area contributed by atoms with E-state index in [-0.39, 0.29) is 16.3 Å². The van der Waals surface area contributed by atoms with Crippen LogP contribution in [0.1, 0.15) is 49.5 Å². The van der Waals surface area contributed by atoms with Crippen molar-refractivity contribution < 1.29 is 13.2 Å². The summed E-state index contributed by atoms with van der Waals surface area (Å²) in [6.45, 7) is 5.92. The van der Waals surface area contributed by atoms with Gasteiger partial charge in [-0.2, -0.15) is 0 Å². The van der Waals surface area contributed by atoms with Crippen LogP contribution in [-0.2, 0) is 16.4 Å². The SMILES string of the molecule is CCc1ccc(S(N)(=O)=O)cc1C(=O)NC(C)(C)C1CC1. The van der Waals surface area contributed by atoms with Crippen molar-refractivity contribution in [3.05, 3.63) is 29.3 Å². The Morgan fingerprint density at radius 3 is 2.48 bits per heavy atom. The standard InChI is InChI=1S/C15H22N2O3S/c1-4-10-5-8-12(21(16,19)20)9-13(10)14(18)17-15(2,3)11-6-7-11/h5,8-9,11H,4,6-7H2,1-3H3,(H,17,18)(H2,16,19,20). The fourth-order valence-electron chi connectivity index (χ4n) is 2.52. The molecule has 3 N–H and O–H groups in total. The van der Waals surface area contributed by atoms with Crippen LogP contribution < -0.4 is 10.5 Å². The summed E-state index contributed by atoms with van der Waals surface area (Å²) in [6, 6.07) is 4.46. The Bertz CT molecular complexity index is 661. The molecule has 0 unspecified atom stereocenters. The van der Waals surface area contributed by atoms with Crippen molar-refractivity contribution in [2.24, 2.45) is 11.1 Å². The van der Waals surface area contributed by atoms with Crippen LogP contribution in [0.25, 0.3) is 0 Å². The van der Waals surface area contributed by atoms with E-state index in [2.05, 4.69) is 5.32 Å². The summed E-state index contributed by atoms with van der Waals surface area (Å²) in [5.74, 6) is 0.252. The van der Waals surface area contributed by atoms with Gasteiger partial charge in [0, 0.05) is 11.1 Å². The maximum absolute atomic E-state index is 12.5. The molecule has 0 radical (unpaired) electrons. The molecule has 21 heavy (non-hydrogen) atoms. The highest BCUT2D eigenvalue weighted by Gasteiger charge is 2.39. The van der Waals surface area contributed by atoms with Gasteiger partial charge >= 0.3 is 0 Å². The minimum absolute atomic E-state index is 0.0333. The predicted octanol–water partition coefficient (Wildman–Crippen LogP) is 1.81. The highest BCUT2D eigenvalue weighted by atomic mass is 32.2. The third-order valence-corrected chi connectivity index (χ3v) is 4.98. The van der Waals surface area contributed by atoms with Gasteiger partial charge < -0.3 is 5.32 Å². The molecule has 116 valence electrons. The number of benzene rings is 1. The second kappa shape index (κ2) is 5.42. The first kappa shape index (κ1) is 16.0. The van der Waals surface area contributed by atoms with Crippen molar-refractivity contribution in [1.82, 2.24) is 5.32 Å². The van der Waals surface area contributed by atoms with Crippen LogP contribution >= 0.6 is 0 Å². The van der Waals surface area contributed by atoms with Gasteiger partial charge in [0.1, 0.15) is 0 Å². The zero-order valence-electron chi connectivity index (χ0n) is 12.6. The second-order valence-electron chi connectivity index (χ2n) is 6.17. The van der Waals surface area contributed by atoms with Crippen LogP contribution in [0.3, 0.4) is 0 Å². The smallest absolute Gasteiger partial charge is 0.252 e. The molecule has 1 saturated carbocycles. The molecular weight excluding hydrogens is 288 g/mol. The van der Waals surface area contributed by atoms with E-state index < -0.39 is 10.0 Å². The maximum atomic E-state index is 12.5. The normalized spacial score (nSPS) is 15.8. The Hall–Kier alpha value is -1.40. The number of sulfonamides is 1. The largest absolute Gasteiger partial charge is 0.347 e. The number of nitrogens with two attached hydrogens (primary N) is 1. The molecule has 0 atom stereocenters. The fourth-order valence-corrected chi connectivity index (χ4v) is 3.06. The van der Waals surface area contributed by atoms with Crippen molar-refractivity contribution in [3.63, 3.8) is 0 Å². The van der Waals surface area contributed by atoms with Gasteiger partial charge in [-0.1, -0.05) is 13.0 Å². The summed E-state index contributed by atoms with van der Waals surface area (Å²) in [4.78, 5) is 12.5. The number of primary sulfonamides is 1. The lowest BCUT2D eigenvalue weighted by Gasteiger charge is -2.26. The van der Waals surface area contributed by atoms with Crippen LogP contribution in [0.5, 0.6) is 0 Å². The zero-order chi connectivity index (χ0) is 15.8. The molecular formula is C15H22N2O3S. The molecule has 1 aromatic carbocycles. The van der Waals surface area contributed by atoms with Crippen LogP contribution in [-0.4, -0.2) is 19.9 Å². The van der Waals surface area contributed by atoms with E-state index >= 15 is 0 Å². The van der Waals surface area contributed by atoms with E-state index in [0.717, 1.165) is 18.4 Å². The Morgan fingerprint density at radius 1 is 1.38 bits per heavy atom. The third-order valence-electron chi connectivity index (χ3n) is 4.07. The molecule has 2 rings (SSSR count). The van der Waals surface area contributed by atoms with Crippen molar-refractivity contribution in [2.45, 2.75) is 50.5 Å². The molecule has 0 heterocycles. The molecule has 5 nitrogen and oxygen atoms in total. The van der Waals surface area contributed by atoms with Gasteiger partial charge in [-0.15, -0.1) is 0 Å². The van der Waals surface area contributed by atoms with Gasteiger partial charge in [-0.05, 0) is 56.7 Å². The van der Waals surface area contributed by atoms with E-state index in [9.17, 15) is 13.2 Å². The molecule has 1 amide bonds. The van der Waals surface area contributed by atoms with Gasteiger partial charge in [0.05, 0.1) is 4.90 Å². The summed E-state index contributed by atoms with van der Waals surface area (Å²) >= 11 is 0. The number of nitrogens with one attached hydrogen (secondary N) is 1. The number of rotatable bonds is 5. The summed E-state index contributed by atoms with van der Waals surface area (Å²) in [5.41, 5.74) is 0.920. The maximum Gasteiger partial charge on any atom is 0.252 e. The van der Waals surface area contributed by atoms with E-state index in [1.807, 2.05) is 20.8 Å². The lowest BCUT2D eigenvalue weighted by Crippen LogP contribution is -2.45. The number of carbonyl (C=O) groups is 1. The monoisotopic (exact) mass is 310 g/mol. The highest BCUT2D eigenvalue weighted by Crippen LogP contribution is 2.39. The molecule has 0 spiro atoms. The van der Waals surface area contributed by atoms with Gasteiger partial charge in [-0.3, -0.25) is 4.79 Å². The topological polar surface area (TPSA) is 89.3 Å². The summed E-state index contributed by atoms with van der Waals surface area (Å²) in [5, 5.41) is 8.16. The molecule has 1 fully saturated rings. The molecule has 1 aliphatic carbocycles. The lowest BCUT2D eigenvalue weighted by molar-refractivity contribution is 0.0902. The van der Waals surface area contributed by atoms with Crippen LogP contribution in [0.4, 0.5) is 0 Å². The Labute approximate surface area is 126 Å². The minimum atomic E-state index is -3.81. The number of hydrogen-bond donors (Lipinski definition) is 2. The number of aryl methyl sites for hydroxylation is 1. The summed E-state index contributed by atoms with van der Waals surface area (Å²) in [6.07, 6.45) is 2.88. The Morgan fingerprint density at radius 2 is 2.00 bits per heavy atom. The van der Waals surface area contributed by atoms with Gasteiger partial charge in [0.15, 0.2) is 0 Å². The Balaban J connectivity index is 2.34. The third kappa shape index (κ3) is 3.63. The van der Waals surface area contributed by atoms with Gasteiger partial charge in [-0.25, -0.2) is 13.6 Å². The van der Waals surface area contributed by atoms with Crippen LogP contribution in [0.15, 0.2) is 23.1 Å². The summed E-state index contributed by atoms with van der Waals surface area (Å²) in [7, 11) is -3.81. The minimum Gasteiger partial charge on any atom is -0.347 e. The van der Waals surface area contributed by atoms with E-state index in [1.54, 1.807) is 6.07 Å². The molecule has 0 aliphatic heterocycles. The molecule has 1 aromatic rings. The number of hydrogen-bond acceptors (Lipinski definition) is 3. The van der Waals surface area contributed by atoms with Crippen LogP contribution in [0.2, 0.25) is 0 Å². The van der Waals surface area contributed by atoms with Gasteiger partial charge in [0.25, 0.3) is 5.91 Å². The van der Waals surface area contributed by atoms with E-state index in [0.29, 0.717) is 17.9 Å². The summed E-state index contributed by atoms with van der Waals surface area (Å²) < 4.78 is 22.9. The quantitative estimate of drug-likeness (QED) is 0.869. The molecule has 6 heteroatoms. The van der Waals surface area contributed by atoms with Crippen LogP contribution in [0, 0.1) is 5.92 Å². The van der Waals surface area contributed by atoms with Crippen molar-refractivity contribution >= 4 is 15.9 Å². The molecule has 0 bridgehead atoms. The fraction of sp³-hybridized carbons (Fsp3) is 0.533. The van der Waals surface area contributed by atoms with Crippen molar-refractivity contribution in [2.75, 3.05) is 0 Å². The zero-order valence-corrected chi connectivity index (χ0v) is 13.5. The first-order valence-electron chi connectivity index (χ1n) is 7.13. The first-order valence-corrected chi connectivity index (χ1v) is 8.68. The van der Waals surface area contributed by atoms with E-state index in [4.69, 9.17) is 5.14 Å². The average molecular weight is 310 g/mol. The van der Waals surface area contributed by atoms with Crippen molar-refractivity contribution in [1.29, 1.82) is 0 Å². The predicted molar refractivity (Wildman–Crippen MR) is 81.5 cm³/mol.